The Kier molecular flexibility index (Phi) is 7.57. The molecule has 230 valence electrons. The van der Waals surface area contributed by atoms with Crippen molar-refractivity contribution in [1.29, 1.82) is 0 Å². The van der Waals surface area contributed by atoms with Gasteiger partial charge in [-0.15, -0.1) is 0 Å². The molecule has 0 aliphatic carbocycles. The molecule has 0 radical (unpaired) electrons. The van der Waals surface area contributed by atoms with Gasteiger partial charge in [0, 0.05) is 54.0 Å². The van der Waals surface area contributed by atoms with Crippen molar-refractivity contribution < 1.29 is 28.5 Å². The van der Waals surface area contributed by atoms with E-state index < -0.39 is 23.3 Å². The number of likely N-dealkylation sites (tertiary alicyclic amines) is 1. The molecule has 0 saturated carbocycles. The van der Waals surface area contributed by atoms with Crippen LogP contribution in [0.5, 0.6) is 11.5 Å². The van der Waals surface area contributed by atoms with Gasteiger partial charge in [0.25, 0.3) is 0 Å². The maximum Gasteiger partial charge on any atom is 0.408 e. The van der Waals surface area contributed by atoms with Crippen LogP contribution >= 0.6 is 0 Å². The number of nitrogens with one attached hydrogen (secondary N) is 2. The molecule has 0 bridgehead atoms. The number of aromatic nitrogens is 1. The van der Waals surface area contributed by atoms with Crippen LogP contribution in [0.2, 0.25) is 0 Å². The van der Waals surface area contributed by atoms with Gasteiger partial charge in [0.2, 0.25) is 5.91 Å². The van der Waals surface area contributed by atoms with Gasteiger partial charge in [0.1, 0.15) is 17.2 Å². The Morgan fingerprint density at radius 1 is 1.16 bits per heavy atom. The van der Waals surface area contributed by atoms with Crippen molar-refractivity contribution in [1.82, 2.24) is 15.2 Å². The molecule has 2 fully saturated rings. The molecule has 2 N–H and O–H groups in total. The van der Waals surface area contributed by atoms with Crippen LogP contribution in [0.3, 0.4) is 0 Å². The van der Waals surface area contributed by atoms with E-state index in [4.69, 9.17) is 18.9 Å². The molecule has 2 saturated heterocycles. The Morgan fingerprint density at radius 2 is 1.95 bits per heavy atom. The van der Waals surface area contributed by atoms with E-state index in [0.29, 0.717) is 25.3 Å². The fraction of sp³-hybridized carbons (Fsp3) is 0.529. The molecule has 1 aromatic heterocycles. The van der Waals surface area contributed by atoms with Gasteiger partial charge in [-0.1, -0.05) is 30.3 Å². The molecule has 2 aromatic carbocycles. The molecule has 3 aliphatic heterocycles. The van der Waals surface area contributed by atoms with E-state index in [9.17, 15) is 9.59 Å². The van der Waals surface area contributed by atoms with Crippen LogP contribution in [-0.2, 0) is 20.7 Å². The minimum absolute atomic E-state index is 0.0316. The maximum absolute atomic E-state index is 14.1. The lowest BCUT2D eigenvalue weighted by Gasteiger charge is -2.53. The Morgan fingerprint density at radius 3 is 2.72 bits per heavy atom. The highest BCUT2D eigenvalue weighted by atomic mass is 16.6. The smallest absolute Gasteiger partial charge is 0.408 e. The van der Waals surface area contributed by atoms with E-state index in [2.05, 4.69) is 30.2 Å². The molecule has 9 nitrogen and oxygen atoms in total. The number of H-pyrrole nitrogens is 1. The van der Waals surface area contributed by atoms with Crippen molar-refractivity contribution in [2.75, 3.05) is 20.2 Å². The molecule has 5 atom stereocenters. The van der Waals surface area contributed by atoms with E-state index in [0.717, 1.165) is 40.6 Å². The number of carbonyl (C=O) groups is 2. The average Bonchev–Trinajstić information content (AvgIpc) is 3.36. The van der Waals surface area contributed by atoms with Crippen LogP contribution in [-0.4, -0.2) is 65.4 Å². The first-order valence-electron chi connectivity index (χ1n) is 15.3. The monoisotopic (exact) mass is 589 g/mol. The normalized spacial score (nSPS) is 25.0. The third-order valence-electron chi connectivity index (χ3n) is 9.10. The fourth-order valence-electron chi connectivity index (χ4n) is 7.04. The van der Waals surface area contributed by atoms with Crippen molar-refractivity contribution in [2.45, 2.75) is 83.3 Å². The number of fused-ring (bicyclic) bond motifs is 5. The zero-order valence-corrected chi connectivity index (χ0v) is 25.9. The topological polar surface area (TPSA) is 102 Å². The van der Waals surface area contributed by atoms with Crippen molar-refractivity contribution >= 4 is 22.9 Å². The molecule has 9 heteroatoms. The lowest BCUT2D eigenvalue weighted by Crippen LogP contribution is -2.58. The van der Waals surface area contributed by atoms with Crippen LogP contribution in [0.15, 0.2) is 48.7 Å². The van der Waals surface area contributed by atoms with E-state index in [1.165, 1.54) is 0 Å². The van der Waals surface area contributed by atoms with Gasteiger partial charge in [0.05, 0.1) is 19.3 Å². The van der Waals surface area contributed by atoms with Crippen molar-refractivity contribution in [2.24, 2.45) is 11.8 Å². The van der Waals surface area contributed by atoms with Gasteiger partial charge in [0.15, 0.2) is 11.5 Å². The number of aromatic amines is 1. The first-order valence-corrected chi connectivity index (χ1v) is 15.3. The van der Waals surface area contributed by atoms with Gasteiger partial charge in [-0.25, -0.2) is 4.79 Å². The Labute approximate surface area is 253 Å². The van der Waals surface area contributed by atoms with E-state index >= 15 is 0 Å². The highest BCUT2D eigenvalue weighted by molar-refractivity contribution is 5.88. The zero-order chi connectivity index (χ0) is 30.5. The summed E-state index contributed by atoms with van der Waals surface area (Å²) in [5, 5.41) is 3.93. The largest absolute Gasteiger partial charge is 0.493 e. The average molecular weight is 590 g/mol. The number of ether oxygens (including phenoxy) is 4. The summed E-state index contributed by atoms with van der Waals surface area (Å²) in [5.74, 6) is 1.64. The summed E-state index contributed by atoms with van der Waals surface area (Å²) in [4.78, 5) is 32.2. The highest BCUT2D eigenvalue weighted by Gasteiger charge is 2.52. The number of carbonyl (C=O) groups excluding carboxylic acids is 2. The molecule has 4 heterocycles. The first kappa shape index (κ1) is 29.4. The van der Waals surface area contributed by atoms with E-state index in [1.54, 1.807) is 7.11 Å². The Bertz CT molecular complexity index is 1510. The minimum atomic E-state index is -0.767. The number of nitrogens with zero attached hydrogens (tertiary/aromatic N) is 1. The van der Waals surface area contributed by atoms with E-state index in [1.807, 2.05) is 68.3 Å². The van der Waals surface area contributed by atoms with Gasteiger partial charge in [-0.3, -0.25) is 4.79 Å². The third-order valence-corrected chi connectivity index (χ3v) is 9.10. The SMILES string of the molecule is COc1cccc2c1OC(C)(C)[C@@H]1C[C@H]3CN(C(=O)[C@H](Cc4c[nH]c5ccccc45)NC(=O)OC(C)(C)C)CC[C@H]3O[C@@H]21. The quantitative estimate of drug-likeness (QED) is 0.391. The summed E-state index contributed by atoms with van der Waals surface area (Å²) in [6, 6.07) is 13.2. The van der Waals surface area contributed by atoms with Crippen LogP contribution in [0.25, 0.3) is 10.9 Å². The van der Waals surface area contributed by atoms with Crippen molar-refractivity contribution in [3.05, 3.63) is 59.8 Å². The summed E-state index contributed by atoms with van der Waals surface area (Å²) in [6.07, 6.45) is 3.21. The molecular weight excluding hydrogens is 546 g/mol. The second-order valence-corrected chi connectivity index (χ2v) is 13.6. The minimum Gasteiger partial charge on any atom is -0.493 e. The molecule has 0 unspecified atom stereocenters. The molecular formula is C34H43N3O6. The number of benzene rings is 2. The van der Waals surface area contributed by atoms with Gasteiger partial charge in [-0.05, 0) is 65.2 Å². The second-order valence-electron chi connectivity index (χ2n) is 13.6. The number of piperidine rings is 1. The van der Waals surface area contributed by atoms with Crippen LogP contribution < -0.4 is 14.8 Å². The van der Waals surface area contributed by atoms with Crippen LogP contribution in [0.1, 0.15) is 64.7 Å². The molecule has 2 amide bonds. The standard InChI is InChI=1S/C34H43N3O6/c1-33(2,3)43-32(39)36-26(17-20-18-35-25-12-8-7-10-22(20)25)31(38)37-15-14-27-21(19-37)16-24-29(41-27)23-11-9-13-28(40-6)30(23)42-34(24,4)5/h7-13,18,21,24,26-27,29,35H,14-17,19H2,1-6H3,(H,36,39)/t21-,24+,26-,27+,29-/m0/s1. The van der Waals surface area contributed by atoms with Crippen LogP contribution in [0.4, 0.5) is 4.79 Å². The Hall–Kier alpha value is -3.72. The summed E-state index contributed by atoms with van der Waals surface area (Å²) < 4.78 is 24.5. The number of amides is 2. The van der Waals surface area contributed by atoms with Crippen LogP contribution in [0, 0.1) is 11.8 Å². The summed E-state index contributed by atoms with van der Waals surface area (Å²) >= 11 is 0. The number of hydrogen-bond acceptors (Lipinski definition) is 6. The summed E-state index contributed by atoms with van der Waals surface area (Å²) in [6.45, 7) is 10.8. The lowest BCUT2D eigenvalue weighted by molar-refractivity contribution is -0.189. The van der Waals surface area contributed by atoms with E-state index in [-0.39, 0.29) is 30.0 Å². The maximum atomic E-state index is 14.1. The predicted molar refractivity (Wildman–Crippen MR) is 163 cm³/mol. The molecule has 3 aliphatic rings. The second kappa shape index (κ2) is 11.1. The van der Waals surface area contributed by atoms with Crippen molar-refractivity contribution in [3.8, 4) is 11.5 Å². The van der Waals surface area contributed by atoms with Crippen molar-refractivity contribution in [3.63, 3.8) is 0 Å². The Balaban J connectivity index is 1.21. The van der Waals surface area contributed by atoms with Gasteiger partial charge < -0.3 is 34.1 Å². The highest BCUT2D eigenvalue weighted by Crippen LogP contribution is 2.55. The van der Waals surface area contributed by atoms with Gasteiger partial charge >= 0.3 is 6.09 Å². The summed E-state index contributed by atoms with van der Waals surface area (Å²) in [5.41, 5.74) is 1.84. The number of rotatable bonds is 5. The lowest BCUT2D eigenvalue weighted by atomic mass is 9.70. The fourth-order valence-corrected chi connectivity index (χ4v) is 7.04. The number of alkyl carbamates (subject to hydrolysis) is 1. The molecule has 0 spiro atoms. The number of methoxy groups -OCH3 is 1. The molecule has 6 rings (SSSR count). The first-order chi connectivity index (χ1) is 20.4. The zero-order valence-electron chi connectivity index (χ0n) is 25.9. The van der Waals surface area contributed by atoms with Gasteiger partial charge in [-0.2, -0.15) is 0 Å². The number of hydrogen-bond donors (Lipinski definition) is 2. The third kappa shape index (κ3) is 5.79. The predicted octanol–water partition coefficient (Wildman–Crippen LogP) is 5.78. The molecule has 3 aromatic rings. The number of para-hydroxylation sites is 2. The molecule has 43 heavy (non-hydrogen) atoms. The summed E-state index contributed by atoms with van der Waals surface area (Å²) in [7, 11) is 1.66.